The molecule has 0 spiro atoms. The van der Waals surface area contributed by atoms with E-state index in [0.717, 1.165) is 22.1 Å². The SMILES string of the molecule is CCC(C)C1NC(=O)CCN(c2cc(C)cc(Br)c2)C1=O. The average molecular weight is 353 g/mol. The van der Waals surface area contributed by atoms with E-state index in [1.165, 1.54) is 0 Å². The number of nitrogens with zero attached hydrogens (tertiary/aromatic N) is 1. The Labute approximate surface area is 134 Å². The summed E-state index contributed by atoms with van der Waals surface area (Å²) >= 11 is 3.47. The van der Waals surface area contributed by atoms with Gasteiger partial charge in [0.05, 0.1) is 0 Å². The lowest BCUT2D eigenvalue weighted by Crippen LogP contribution is -2.48. The first-order valence-corrected chi connectivity index (χ1v) is 8.09. The minimum Gasteiger partial charge on any atom is -0.344 e. The van der Waals surface area contributed by atoms with Gasteiger partial charge in [-0.3, -0.25) is 9.59 Å². The van der Waals surface area contributed by atoms with E-state index in [-0.39, 0.29) is 17.7 Å². The zero-order chi connectivity index (χ0) is 15.6. The zero-order valence-electron chi connectivity index (χ0n) is 12.6. The number of halogens is 1. The molecular formula is C16H21BrN2O2. The van der Waals surface area contributed by atoms with Crippen LogP contribution in [-0.4, -0.2) is 24.4 Å². The largest absolute Gasteiger partial charge is 0.344 e. The van der Waals surface area contributed by atoms with Crippen molar-refractivity contribution in [1.29, 1.82) is 0 Å². The van der Waals surface area contributed by atoms with Crippen LogP contribution in [0, 0.1) is 12.8 Å². The Kier molecular flexibility index (Phi) is 5.04. The van der Waals surface area contributed by atoms with Crippen LogP contribution in [0.1, 0.15) is 32.3 Å². The van der Waals surface area contributed by atoms with Gasteiger partial charge in [-0.2, -0.15) is 0 Å². The predicted molar refractivity (Wildman–Crippen MR) is 87.2 cm³/mol. The van der Waals surface area contributed by atoms with Gasteiger partial charge in [-0.25, -0.2) is 0 Å². The molecule has 0 radical (unpaired) electrons. The quantitative estimate of drug-likeness (QED) is 0.908. The maximum absolute atomic E-state index is 12.8. The minimum atomic E-state index is -0.440. The van der Waals surface area contributed by atoms with Crippen LogP contribution in [0.4, 0.5) is 5.69 Å². The van der Waals surface area contributed by atoms with Crippen molar-refractivity contribution in [1.82, 2.24) is 5.32 Å². The maximum atomic E-state index is 12.8. The number of hydrogen-bond acceptors (Lipinski definition) is 2. The summed E-state index contributed by atoms with van der Waals surface area (Å²) in [5.41, 5.74) is 1.92. The van der Waals surface area contributed by atoms with Crippen LogP contribution < -0.4 is 10.2 Å². The average Bonchev–Trinajstić information content (AvgIpc) is 2.56. The van der Waals surface area contributed by atoms with E-state index in [4.69, 9.17) is 0 Å². The van der Waals surface area contributed by atoms with Crippen molar-refractivity contribution in [3.05, 3.63) is 28.2 Å². The van der Waals surface area contributed by atoms with Crippen LogP contribution in [0.25, 0.3) is 0 Å². The van der Waals surface area contributed by atoms with Gasteiger partial charge in [0.15, 0.2) is 0 Å². The van der Waals surface area contributed by atoms with Gasteiger partial charge in [0.1, 0.15) is 6.04 Å². The van der Waals surface area contributed by atoms with E-state index in [1.807, 2.05) is 39.0 Å². The molecule has 1 saturated heterocycles. The molecule has 1 fully saturated rings. The van der Waals surface area contributed by atoms with Crippen LogP contribution in [0.3, 0.4) is 0 Å². The molecule has 21 heavy (non-hydrogen) atoms. The summed E-state index contributed by atoms with van der Waals surface area (Å²) in [6, 6.07) is 5.46. The number of anilines is 1. The summed E-state index contributed by atoms with van der Waals surface area (Å²) in [7, 11) is 0. The van der Waals surface area contributed by atoms with Gasteiger partial charge in [-0.15, -0.1) is 0 Å². The Morgan fingerprint density at radius 3 is 2.71 bits per heavy atom. The molecule has 1 aliphatic rings. The molecule has 2 amide bonds. The molecule has 1 aromatic rings. The summed E-state index contributed by atoms with van der Waals surface area (Å²) in [5.74, 6) is 0.0471. The summed E-state index contributed by atoms with van der Waals surface area (Å²) in [5, 5.41) is 2.87. The number of amides is 2. The highest BCUT2D eigenvalue weighted by Crippen LogP contribution is 2.25. The van der Waals surface area contributed by atoms with E-state index in [0.29, 0.717) is 13.0 Å². The molecule has 1 heterocycles. The zero-order valence-corrected chi connectivity index (χ0v) is 14.2. The highest BCUT2D eigenvalue weighted by Gasteiger charge is 2.33. The predicted octanol–water partition coefficient (Wildman–Crippen LogP) is 3.03. The van der Waals surface area contributed by atoms with Crippen LogP contribution >= 0.6 is 15.9 Å². The smallest absolute Gasteiger partial charge is 0.249 e. The van der Waals surface area contributed by atoms with E-state index in [9.17, 15) is 9.59 Å². The van der Waals surface area contributed by atoms with Crippen molar-refractivity contribution >= 4 is 33.4 Å². The van der Waals surface area contributed by atoms with Crippen molar-refractivity contribution in [3.63, 3.8) is 0 Å². The monoisotopic (exact) mass is 352 g/mol. The van der Waals surface area contributed by atoms with Gasteiger partial charge < -0.3 is 10.2 Å². The maximum Gasteiger partial charge on any atom is 0.249 e. The molecular weight excluding hydrogens is 332 g/mol. The van der Waals surface area contributed by atoms with Gasteiger partial charge >= 0.3 is 0 Å². The number of carbonyl (C=O) groups is 2. The molecule has 114 valence electrons. The molecule has 0 bridgehead atoms. The van der Waals surface area contributed by atoms with Crippen molar-refractivity contribution in [2.24, 2.45) is 5.92 Å². The second kappa shape index (κ2) is 6.60. The van der Waals surface area contributed by atoms with E-state index < -0.39 is 6.04 Å². The third-order valence-corrected chi connectivity index (χ3v) is 4.42. The van der Waals surface area contributed by atoms with Gasteiger partial charge in [0.25, 0.3) is 0 Å². The van der Waals surface area contributed by atoms with Gasteiger partial charge in [0, 0.05) is 23.1 Å². The number of carbonyl (C=O) groups excluding carboxylic acids is 2. The summed E-state index contributed by atoms with van der Waals surface area (Å²) in [6.45, 7) is 6.45. The summed E-state index contributed by atoms with van der Waals surface area (Å²) < 4.78 is 0.939. The standard InChI is InChI=1S/C16H21BrN2O2/c1-4-11(3)15-16(21)19(6-5-14(20)18-15)13-8-10(2)7-12(17)9-13/h7-9,11,15H,4-6H2,1-3H3,(H,18,20). The molecule has 1 N–H and O–H groups in total. The summed E-state index contributed by atoms with van der Waals surface area (Å²) in [6.07, 6.45) is 1.19. The van der Waals surface area contributed by atoms with Gasteiger partial charge in [-0.05, 0) is 36.6 Å². The fourth-order valence-corrected chi connectivity index (χ4v) is 3.14. The number of benzene rings is 1. The Morgan fingerprint density at radius 1 is 1.38 bits per heavy atom. The minimum absolute atomic E-state index is 0.0206. The number of nitrogens with one attached hydrogen (secondary N) is 1. The Morgan fingerprint density at radius 2 is 2.10 bits per heavy atom. The van der Waals surface area contributed by atoms with Gasteiger partial charge in [-0.1, -0.05) is 36.2 Å². The van der Waals surface area contributed by atoms with E-state index in [2.05, 4.69) is 21.2 Å². The molecule has 0 aromatic heterocycles. The Hall–Kier alpha value is -1.36. The van der Waals surface area contributed by atoms with Crippen LogP contribution in [0.5, 0.6) is 0 Å². The fraction of sp³-hybridized carbons (Fsp3) is 0.500. The summed E-state index contributed by atoms with van der Waals surface area (Å²) in [4.78, 5) is 26.4. The van der Waals surface area contributed by atoms with Gasteiger partial charge in [0.2, 0.25) is 11.8 Å². The molecule has 2 atom stereocenters. The third-order valence-electron chi connectivity index (χ3n) is 3.96. The first-order chi connectivity index (χ1) is 9.92. The topological polar surface area (TPSA) is 49.4 Å². The molecule has 2 rings (SSSR count). The lowest BCUT2D eigenvalue weighted by molar-refractivity contribution is -0.126. The van der Waals surface area contributed by atoms with Crippen LogP contribution in [-0.2, 0) is 9.59 Å². The van der Waals surface area contributed by atoms with E-state index >= 15 is 0 Å². The highest BCUT2D eigenvalue weighted by molar-refractivity contribution is 9.10. The fourth-order valence-electron chi connectivity index (χ4n) is 2.55. The van der Waals surface area contributed by atoms with Crippen molar-refractivity contribution < 1.29 is 9.59 Å². The van der Waals surface area contributed by atoms with Crippen LogP contribution in [0.2, 0.25) is 0 Å². The van der Waals surface area contributed by atoms with Crippen LogP contribution in [0.15, 0.2) is 22.7 Å². The van der Waals surface area contributed by atoms with Crippen molar-refractivity contribution in [3.8, 4) is 0 Å². The molecule has 0 aliphatic carbocycles. The second-order valence-electron chi connectivity index (χ2n) is 5.66. The van der Waals surface area contributed by atoms with E-state index in [1.54, 1.807) is 4.90 Å². The molecule has 2 unspecified atom stereocenters. The molecule has 5 heteroatoms. The first kappa shape index (κ1) is 16.0. The second-order valence-corrected chi connectivity index (χ2v) is 6.57. The lowest BCUT2D eigenvalue weighted by Gasteiger charge is -2.27. The molecule has 1 aliphatic heterocycles. The molecule has 1 aromatic carbocycles. The number of aryl methyl sites for hydroxylation is 1. The van der Waals surface area contributed by atoms with Crippen molar-refractivity contribution in [2.75, 3.05) is 11.4 Å². The lowest BCUT2D eigenvalue weighted by atomic mass is 9.98. The number of hydrogen-bond donors (Lipinski definition) is 1. The number of rotatable bonds is 3. The Balaban J connectivity index is 2.37. The normalized spacial score (nSPS) is 21.0. The Bertz CT molecular complexity index is 539. The highest BCUT2D eigenvalue weighted by atomic mass is 79.9. The molecule has 0 saturated carbocycles. The third kappa shape index (κ3) is 3.64. The molecule has 4 nitrogen and oxygen atoms in total. The van der Waals surface area contributed by atoms with Crippen molar-refractivity contribution in [2.45, 2.75) is 39.7 Å². The first-order valence-electron chi connectivity index (χ1n) is 7.30.